The predicted octanol–water partition coefficient (Wildman–Crippen LogP) is 7.28. The molecule has 0 bridgehead atoms. The SMILES string of the molecule is COCc1cccc(C[C@@H](C=C[C@@H]2[C@@H](CCSC(C)=O)[C@@H](O[Si](C)(C)C)C[C@H]2OC2CCCCO2)OC2CCCCO2)c1. The number of ether oxygens (including phenoxy) is 5. The van der Waals surface area contributed by atoms with Crippen LogP contribution < -0.4 is 0 Å². The summed E-state index contributed by atoms with van der Waals surface area (Å²) in [6.45, 7) is 10.5. The van der Waals surface area contributed by atoms with Crippen molar-refractivity contribution in [2.75, 3.05) is 26.1 Å². The number of hydrogen-bond acceptors (Lipinski definition) is 8. The Morgan fingerprint density at radius 1 is 1.05 bits per heavy atom. The molecule has 0 radical (unpaired) electrons. The van der Waals surface area contributed by atoms with Gasteiger partial charge in [-0.3, -0.25) is 4.79 Å². The van der Waals surface area contributed by atoms with Gasteiger partial charge in [0.05, 0.1) is 24.9 Å². The van der Waals surface area contributed by atoms with E-state index in [0.29, 0.717) is 6.61 Å². The topological polar surface area (TPSA) is 72.5 Å². The minimum atomic E-state index is -1.81. The standard InChI is InChI=1S/C34H54O7SSi/c1-25(35)42-20-17-30-29(31(23-32(30)41-43(3,4)5)40-34-14-7-9-19-38-34)16-15-28(39-33-13-6-8-18-37-33)22-26-11-10-12-27(21-26)24-36-2/h10-12,15-16,21,28-34H,6-9,13-14,17-20,22-24H2,1-5H3/t28-,29-,30-,31-,32+,33?,34?/m1/s1. The average molecular weight is 635 g/mol. The highest BCUT2D eigenvalue weighted by Crippen LogP contribution is 2.42. The quantitative estimate of drug-likeness (QED) is 0.147. The summed E-state index contributed by atoms with van der Waals surface area (Å²) in [6, 6.07) is 8.55. The van der Waals surface area contributed by atoms with E-state index in [1.54, 1.807) is 14.0 Å². The van der Waals surface area contributed by atoms with Gasteiger partial charge in [-0.2, -0.15) is 0 Å². The van der Waals surface area contributed by atoms with E-state index < -0.39 is 8.32 Å². The lowest BCUT2D eigenvalue weighted by Gasteiger charge is -2.31. The summed E-state index contributed by atoms with van der Waals surface area (Å²) in [6.07, 6.45) is 12.9. The molecule has 1 aromatic rings. The summed E-state index contributed by atoms with van der Waals surface area (Å²) in [4.78, 5) is 11.8. The molecular formula is C34H54O7SSi. The van der Waals surface area contributed by atoms with E-state index in [1.165, 1.54) is 17.3 Å². The van der Waals surface area contributed by atoms with Gasteiger partial charge < -0.3 is 28.1 Å². The van der Waals surface area contributed by atoms with E-state index >= 15 is 0 Å². The fourth-order valence-electron chi connectivity index (χ4n) is 6.49. The van der Waals surface area contributed by atoms with E-state index in [1.807, 2.05) is 0 Å². The normalized spacial score (nSPS) is 29.2. The number of thioether (sulfide) groups is 1. The van der Waals surface area contributed by atoms with E-state index in [0.717, 1.165) is 82.3 Å². The zero-order valence-corrected chi connectivity index (χ0v) is 28.8. The molecular weight excluding hydrogens is 581 g/mol. The maximum Gasteiger partial charge on any atom is 0.185 e. The Bertz CT molecular complexity index is 1000. The first-order valence-electron chi connectivity index (χ1n) is 16.3. The zero-order valence-electron chi connectivity index (χ0n) is 27.0. The summed E-state index contributed by atoms with van der Waals surface area (Å²) in [5.74, 6) is 1.17. The molecule has 0 spiro atoms. The van der Waals surface area contributed by atoms with Gasteiger partial charge in [-0.15, -0.1) is 0 Å². The zero-order chi connectivity index (χ0) is 30.7. The van der Waals surface area contributed by atoms with Crippen molar-refractivity contribution in [1.82, 2.24) is 0 Å². The van der Waals surface area contributed by atoms with Crippen LogP contribution in [0, 0.1) is 11.8 Å². The molecule has 0 aromatic heterocycles. The van der Waals surface area contributed by atoms with Crippen molar-refractivity contribution in [2.24, 2.45) is 11.8 Å². The molecule has 4 rings (SSSR count). The molecule has 3 aliphatic rings. The van der Waals surface area contributed by atoms with E-state index in [-0.39, 0.29) is 47.8 Å². The molecule has 2 saturated heterocycles. The lowest BCUT2D eigenvalue weighted by Crippen LogP contribution is -2.35. The summed E-state index contributed by atoms with van der Waals surface area (Å²) < 4.78 is 37.6. The monoisotopic (exact) mass is 634 g/mol. The first kappa shape index (κ1) is 34.8. The van der Waals surface area contributed by atoms with Crippen molar-refractivity contribution in [1.29, 1.82) is 0 Å². The molecule has 3 fully saturated rings. The van der Waals surface area contributed by atoms with Crippen LogP contribution in [0.2, 0.25) is 19.6 Å². The molecule has 1 aliphatic carbocycles. The first-order valence-corrected chi connectivity index (χ1v) is 20.7. The lowest BCUT2D eigenvalue weighted by atomic mass is 9.90. The Hall–Kier alpha value is -1.04. The third-order valence-electron chi connectivity index (χ3n) is 8.34. The van der Waals surface area contributed by atoms with E-state index in [2.05, 4.69) is 56.1 Å². The molecule has 1 aromatic carbocycles. The van der Waals surface area contributed by atoms with Gasteiger partial charge in [0.25, 0.3) is 0 Å². The van der Waals surface area contributed by atoms with Crippen molar-refractivity contribution < 1.29 is 32.9 Å². The summed E-state index contributed by atoms with van der Waals surface area (Å²) in [5, 5.41) is 0.160. The van der Waals surface area contributed by atoms with Crippen molar-refractivity contribution in [3.8, 4) is 0 Å². The lowest BCUT2D eigenvalue weighted by molar-refractivity contribution is -0.193. The Balaban J connectivity index is 1.59. The second-order valence-corrected chi connectivity index (χ2v) is 18.9. The summed E-state index contributed by atoms with van der Waals surface area (Å²) in [7, 11) is -0.0834. The molecule has 1 saturated carbocycles. The fraction of sp³-hybridized carbons (Fsp3) is 0.735. The van der Waals surface area contributed by atoms with Gasteiger partial charge in [0.15, 0.2) is 26.0 Å². The molecule has 7 atom stereocenters. The number of carbonyl (C=O) groups is 1. The van der Waals surface area contributed by atoms with Crippen LogP contribution in [0.5, 0.6) is 0 Å². The Morgan fingerprint density at radius 3 is 2.42 bits per heavy atom. The van der Waals surface area contributed by atoms with Crippen LogP contribution in [-0.2, 0) is 45.9 Å². The van der Waals surface area contributed by atoms with E-state index in [4.69, 9.17) is 28.1 Å². The fourth-order valence-corrected chi connectivity index (χ4v) is 8.35. The molecule has 9 heteroatoms. The summed E-state index contributed by atoms with van der Waals surface area (Å²) >= 11 is 1.41. The molecule has 43 heavy (non-hydrogen) atoms. The number of methoxy groups -OCH3 is 1. The molecule has 7 nitrogen and oxygen atoms in total. The maximum atomic E-state index is 11.8. The first-order chi connectivity index (χ1) is 20.7. The number of benzene rings is 1. The van der Waals surface area contributed by atoms with Gasteiger partial charge >= 0.3 is 0 Å². The van der Waals surface area contributed by atoms with Crippen molar-refractivity contribution >= 4 is 25.2 Å². The molecule has 0 N–H and O–H groups in total. The van der Waals surface area contributed by atoms with Crippen LogP contribution >= 0.6 is 11.8 Å². The smallest absolute Gasteiger partial charge is 0.185 e. The van der Waals surface area contributed by atoms with Crippen molar-refractivity contribution in [2.45, 2.75) is 122 Å². The molecule has 0 amide bonds. The van der Waals surface area contributed by atoms with Gasteiger partial charge in [-0.1, -0.05) is 48.2 Å². The van der Waals surface area contributed by atoms with Gasteiger partial charge in [-0.05, 0) is 88.1 Å². The van der Waals surface area contributed by atoms with Crippen LogP contribution in [0.15, 0.2) is 36.4 Å². The number of carbonyl (C=O) groups excluding carboxylic acids is 1. The van der Waals surface area contributed by atoms with Crippen LogP contribution in [-0.4, -0.2) is 70.4 Å². The largest absolute Gasteiger partial charge is 0.414 e. The van der Waals surface area contributed by atoms with Gasteiger partial charge in [0.1, 0.15) is 0 Å². The third-order valence-corrected chi connectivity index (χ3v) is 10.2. The van der Waals surface area contributed by atoms with Crippen LogP contribution in [0.1, 0.15) is 69.4 Å². The Labute approximate surface area is 264 Å². The molecule has 2 heterocycles. The third kappa shape index (κ3) is 12.0. The van der Waals surface area contributed by atoms with Crippen LogP contribution in [0.3, 0.4) is 0 Å². The highest BCUT2D eigenvalue weighted by molar-refractivity contribution is 8.13. The number of hydrogen-bond donors (Lipinski definition) is 0. The average Bonchev–Trinajstić information content (AvgIpc) is 3.26. The second-order valence-electron chi connectivity index (χ2n) is 13.2. The summed E-state index contributed by atoms with van der Waals surface area (Å²) in [5.41, 5.74) is 2.37. The highest BCUT2D eigenvalue weighted by atomic mass is 32.2. The predicted molar refractivity (Wildman–Crippen MR) is 174 cm³/mol. The van der Waals surface area contributed by atoms with Gasteiger partial charge in [-0.25, -0.2) is 0 Å². The van der Waals surface area contributed by atoms with E-state index in [9.17, 15) is 4.79 Å². The molecule has 2 unspecified atom stereocenters. The molecule has 2 aliphatic heterocycles. The molecule has 242 valence electrons. The van der Waals surface area contributed by atoms with Crippen LogP contribution in [0.4, 0.5) is 0 Å². The van der Waals surface area contributed by atoms with Crippen molar-refractivity contribution in [3.63, 3.8) is 0 Å². The van der Waals surface area contributed by atoms with Crippen LogP contribution in [0.25, 0.3) is 0 Å². The highest BCUT2D eigenvalue weighted by Gasteiger charge is 2.45. The minimum absolute atomic E-state index is 0.00959. The Kier molecular flexibility index (Phi) is 14.3. The Morgan fingerprint density at radius 2 is 1.77 bits per heavy atom. The van der Waals surface area contributed by atoms with Crippen molar-refractivity contribution in [3.05, 3.63) is 47.5 Å². The van der Waals surface area contributed by atoms with Gasteiger partial charge in [0, 0.05) is 45.3 Å². The minimum Gasteiger partial charge on any atom is -0.414 e. The second kappa shape index (κ2) is 17.6. The number of rotatable bonds is 15. The maximum absolute atomic E-state index is 11.8. The van der Waals surface area contributed by atoms with Gasteiger partial charge in [0.2, 0.25) is 0 Å².